The molecule has 0 aliphatic carbocycles. The van der Waals surface area contributed by atoms with E-state index in [1.807, 2.05) is 0 Å². The lowest BCUT2D eigenvalue weighted by molar-refractivity contribution is 0.225. The summed E-state index contributed by atoms with van der Waals surface area (Å²) in [4.78, 5) is 0. The van der Waals surface area contributed by atoms with Gasteiger partial charge in [0.15, 0.2) is 0 Å². The lowest BCUT2D eigenvalue weighted by Gasteiger charge is -2.14. The second-order valence-corrected chi connectivity index (χ2v) is 3.47. The average molecular weight is 160 g/mol. The molecule has 0 aliphatic rings. The molecule has 2 N–H and O–H groups in total. The van der Waals surface area contributed by atoms with Crippen LogP contribution in [0.3, 0.4) is 0 Å². The van der Waals surface area contributed by atoms with Crippen molar-refractivity contribution in [1.82, 2.24) is 0 Å². The maximum absolute atomic E-state index is 8.63. The predicted octanol–water partition coefficient (Wildman–Crippen LogP) is 1.41. The van der Waals surface area contributed by atoms with Crippen LogP contribution in [-0.4, -0.2) is 23.4 Å². The molecule has 0 radical (unpaired) electrons. The van der Waals surface area contributed by atoms with Crippen LogP contribution in [0.2, 0.25) is 0 Å². The fraction of sp³-hybridized carbons (Fsp3) is 1.00. The van der Waals surface area contributed by atoms with E-state index in [-0.39, 0.29) is 13.2 Å². The van der Waals surface area contributed by atoms with Crippen molar-refractivity contribution in [1.29, 1.82) is 0 Å². The molecule has 2 unspecified atom stereocenters. The fourth-order valence-corrected chi connectivity index (χ4v) is 1.36. The van der Waals surface area contributed by atoms with Gasteiger partial charge in [0.05, 0.1) is 0 Å². The van der Waals surface area contributed by atoms with Gasteiger partial charge in [-0.1, -0.05) is 13.8 Å². The van der Waals surface area contributed by atoms with Crippen LogP contribution in [0.25, 0.3) is 0 Å². The van der Waals surface area contributed by atoms with Crippen LogP contribution in [-0.2, 0) is 0 Å². The monoisotopic (exact) mass is 160 g/mol. The number of aliphatic hydroxyl groups excluding tert-OH is 2. The van der Waals surface area contributed by atoms with Gasteiger partial charge in [0.25, 0.3) is 0 Å². The molecule has 0 bridgehead atoms. The molecular formula is C9H20O2. The Kier molecular flexibility index (Phi) is 6.57. The molecule has 0 amide bonds. The Hall–Kier alpha value is -0.0800. The van der Waals surface area contributed by atoms with Crippen LogP contribution in [0, 0.1) is 11.8 Å². The second-order valence-electron chi connectivity index (χ2n) is 3.47. The van der Waals surface area contributed by atoms with Crippen molar-refractivity contribution in [3.63, 3.8) is 0 Å². The van der Waals surface area contributed by atoms with Crippen LogP contribution in [0.1, 0.15) is 33.1 Å². The molecule has 0 aliphatic heterocycles. The second kappa shape index (κ2) is 6.62. The van der Waals surface area contributed by atoms with Gasteiger partial charge in [-0.25, -0.2) is 0 Å². The van der Waals surface area contributed by atoms with E-state index < -0.39 is 0 Å². The summed E-state index contributed by atoms with van der Waals surface area (Å²) in [6.45, 7) is 4.86. The van der Waals surface area contributed by atoms with Crippen molar-refractivity contribution in [2.24, 2.45) is 11.8 Å². The molecular weight excluding hydrogens is 140 g/mol. The summed E-state index contributed by atoms with van der Waals surface area (Å²) in [6, 6.07) is 0. The van der Waals surface area contributed by atoms with Crippen LogP contribution in [0.5, 0.6) is 0 Å². The highest BCUT2D eigenvalue weighted by atomic mass is 16.3. The van der Waals surface area contributed by atoms with E-state index in [4.69, 9.17) is 10.2 Å². The van der Waals surface area contributed by atoms with Crippen LogP contribution >= 0.6 is 0 Å². The summed E-state index contributed by atoms with van der Waals surface area (Å²) < 4.78 is 0. The van der Waals surface area contributed by atoms with Gasteiger partial charge in [-0.3, -0.25) is 0 Å². The Bertz CT molecular complexity index is 73.6. The Morgan fingerprint density at radius 3 is 1.55 bits per heavy atom. The molecule has 2 nitrogen and oxygen atoms in total. The van der Waals surface area contributed by atoms with Crippen LogP contribution in [0.4, 0.5) is 0 Å². The normalized spacial score (nSPS) is 16.4. The van der Waals surface area contributed by atoms with E-state index in [2.05, 4.69) is 13.8 Å². The molecule has 0 rings (SSSR count). The molecule has 0 heterocycles. The van der Waals surface area contributed by atoms with Gasteiger partial charge in [0.1, 0.15) is 0 Å². The zero-order valence-corrected chi connectivity index (χ0v) is 7.58. The fourth-order valence-electron chi connectivity index (χ4n) is 1.36. The maximum Gasteiger partial charge on any atom is 0.0433 e. The predicted molar refractivity (Wildman–Crippen MR) is 46.4 cm³/mol. The third-order valence-corrected chi connectivity index (χ3v) is 2.05. The van der Waals surface area contributed by atoms with Gasteiger partial charge in [-0.15, -0.1) is 0 Å². The third-order valence-electron chi connectivity index (χ3n) is 2.05. The van der Waals surface area contributed by atoms with Gasteiger partial charge in [0.2, 0.25) is 0 Å². The van der Waals surface area contributed by atoms with Crippen molar-refractivity contribution in [3.8, 4) is 0 Å². The first-order chi connectivity index (χ1) is 5.20. The minimum atomic E-state index is 0.285. The molecule has 0 saturated carbocycles. The highest BCUT2D eigenvalue weighted by molar-refractivity contribution is 4.58. The average Bonchev–Trinajstić information content (AvgIpc) is 1.87. The number of hydrogen-bond acceptors (Lipinski definition) is 2. The standard InChI is InChI=1S/C9H20O2/c1-8(3-5-10)7-9(2)4-6-11/h8-11H,3-7H2,1-2H3. The topological polar surface area (TPSA) is 40.5 Å². The summed E-state index contributed by atoms with van der Waals surface area (Å²) in [7, 11) is 0. The summed E-state index contributed by atoms with van der Waals surface area (Å²) in [5, 5.41) is 17.3. The SMILES string of the molecule is CC(CCO)CC(C)CCO. The highest BCUT2D eigenvalue weighted by Gasteiger charge is 2.07. The van der Waals surface area contributed by atoms with E-state index in [1.165, 1.54) is 0 Å². The number of hydrogen-bond donors (Lipinski definition) is 2. The van der Waals surface area contributed by atoms with Crippen LogP contribution in [0.15, 0.2) is 0 Å². The first-order valence-electron chi connectivity index (χ1n) is 4.42. The minimum absolute atomic E-state index is 0.285. The Morgan fingerprint density at radius 1 is 0.909 bits per heavy atom. The van der Waals surface area contributed by atoms with Crippen molar-refractivity contribution in [2.75, 3.05) is 13.2 Å². The Labute approximate surface area is 69.2 Å². The van der Waals surface area contributed by atoms with Gasteiger partial charge < -0.3 is 10.2 Å². The number of aliphatic hydroxyl groups is 2. The van der Waals surface area contributed by atoms with E-state index in [9.17, 15) is 0 Å². The molecule has 0 aromatic heterocycles. The number of rotatable bonds is 6. The zero-order valence-electron chi connectivity index (χ0n) is 7.58. The van der Waals surface area contributed by atoms with Crippen molar-refractivity contribution in [2.45, 2.75) is 33.1 Å². The summed E-state index contributed by atoms with van der Waals surface area (Å²) in [5.41, 5.74) is 0. The largest absolute Gasteiger partial charge is 0.396 e. The smallest absolute Gasteiger partial charge is 0.0433 e. The first-order valence-corrected chi connectivity index (χ1v) is 4.42. The van der Waals surface area contributed by atoms with E-state index in [0.29, 0.717) is 11.8 Å². The third kappa shape index (κ3) is 6.32. The molecule has 2 heteroatoms. The lowest BCUT2D eigenvalue weighted by atomic mass is 9.93. The summed E-state index contributed by atoms with van der Waals surface area (Å²) in [6.07, 6.45) is 2.88. The van der Waals surface area contributed by atoms with Crippen molar-refractivity contribution < 1.29 is 10.2 Å². The molecule has 0 saturated heterocycles. The quantitative estimate of drug-likeness (QED) is 0.617. The Balaban J connectivity index is 3.32. The van der Waals surface area contributed by atoms with Gasteiger partial charge in [-0.2, -0.15) is 0 Å². The molecule has 0 fully saturated rings. The van der Waals surface area contributed by atoms with Gasteiger partial charge >= 0.3 is 0 Å². The first kappa shape index (κ1) is 10.9. The maximum atomic E-state index is 8.63. The molecule has 11 heavy (non-hydrogen) atoms. The minimum Gasteiger partial charge on any atom is -0.396 e. The van der Waals surface area contributed by atoms with Crippen molar-refractivity contribution >= 4 is 0 Å². The summed E-state index contributed by atoms with van der Waals surface area (Å²) >= 11 is 0. The van der Waals surface area contributed by atoms with Crippen molar-refractivity contribution in [3.05, 3.63) is 0 Å². The van der Waals surface area contributed by atoms with E-state index >= 15 is 0 Å². The molecule has 2 atom stereocenters. The van der Waals surface area contributed by atoms with Gasteiger partial charge in [0, 0.05) is 13.2 Å². The Morgan fingerprint density at radius 2 is 1.27 bits per heavy atom. The molecule has 0 spiro atoms. The lowest BCUT2D eigenvalue weighted by Crippen LogP contribution is -2.06. The molecule has 0 aromatic carbocycles. The molecule has 68 valence electrons. The van der Waals surface area contributed by atoms with Gasteiger partial charge in [-0.05, 0) is 31.1 Å². The van der Waals surface area contributed by atoms with E-state index in [0.717, 1.165) is 19.3 Å². The zero-order chi connectivity index (χ0) is 8.69. The van der Waals surface area contributed by atoms with E-state index in [1.54, 1.807) is 0 Å². The summed E-state index contributed by atoms with van der Waals surface area (Å²) in [5.74, 6) is 1.17. The molecule has 0 aromatic rings. The highest BCUT2D eigenvalue weighted by Crippen LogP contribution is 2.16. The van der Waals surface area contributed by atoms with Crippen LogP contribution < -0.4 is 0 Å².